The third-order valence-electron chi connectivity index (χ3n) is 3.02. The van der Waals surface area contributed by atoms with E-state index >= 15 is 0 Å². The topological polar surface area (TPSA) is 50.4 Å². The summed E-state index contributed by atoms with van der Waals surface area (Å²) in [6.07, 6.45) is 1.57. The number of unbranched alkanes of at least 4 members (excludes halogenated alkanes) is 1. The van der Waals surface area contributed by atoms with Gasteiger partial charge in [0.15, 0.2) is 0 Å². The van der Waals surface area contributed by atoms with Gasteiger partial charge in [-0.1, -0.05) is 17.7 Å². The van der Waals surface area contributed by atoms with E-state index in [4.69, 9.17) is 16.3 Å². The van der Waals surface area contributed by atoms with Crippen LogP contribution in [0.2, 0.25) is 5.02 Å². The van der Waals surface area contributed by atoms with Gasteiger partial charge in [0, 0.05) is 17.3 Å². The van der Waals surface area contributed by atoms with Gasteiger partial charge in [0.25, 0.3) is 0 Å². The minimum absolute atomic E-state index is 0.272. The van der Waals surface area contributed by atoms with E-state index in [1.807, 2.05) is 0 Å². The lowest BCUT2D eigenvalue weighted by Crippen LogP contribution is -2.29. The molecule has 0 saturated carbocycles. The van der Waals surface area contributed by atoms with Crippen molar-refractivity contribution in [3.8, 4) is 5.75 Å². The molecular formula is C17H18ClFN2O2. The molecule has 0 unspecified atom stereocenters. The van der Waals surface area contributed by atoms with Crippen molar-refractivity contribution < 1.29 is 13.9 Å². The van der Waals surface area contributed by atoms with Crippen LogP contribution >= 0.6 is 11.6 Å². The van der Waals surface area contributed by atoms with Gasteiger partial charge in [-0.3, -0.25) is 0 Å². The Hall–Kier alpha value is -2.27. The monoisotopic (exact) mass is 336 g/mol. The van der Waals surface area contributed by atoms with Gasteiger partial charge in [0.1, 0.15) is 11.6 Å². The van der Waals surface area contributed by atoms with Crippen molar-refractivity contribution in [2.75, 3.05) is 18.5 Å². The third kappa shape index (κ3) is 6.57. The van der Waals surface area contributed by atoms with Crippen molar-refractivity contribution in [3.05, 3.63) is 59.4 Å². The number of ether oxygens (including phenoxy) is 1. The first-order chi connectivity index (χ1) is 11.1. The summed E-state index contributed by atoms with van der Waals surface area (Å²) in [7, 11) is 0. The smallest absolute Gasteiger partial charge is 0.319 e. The highest BCUT2D eigenvalue weighted by Gasteiger charge is 2.01. The van der Waals surface area contributed by atoms with Gasteiger partial charge < -0.3 is 15.4 Å². The van der Waals surface area contributed by atoms with Gasteiger partial charge in [0.05, 0.1) is 6.61 Å². The molecule has 6 heteroatoms. The molecule has 0 radical (unpaired) electrons. The van der Waals surface area contributed by atoms with Crippen LogP contribution in [0.4, 0.5) is 14.9 Å². The lowest BCUT2D eigenvalue weighted by Gasteiger charge is -2.08. The van der Waals surface area contributed by atoms with Crippen molar-refractivity contribution in [2.24, 2.45) is 0 Å². The van der Waals surface area contributed by atoms with Crippen LogP contribution in [0.1, 0.15) is 12.8 Å². The Morgan fingerprint density at radius 3 is 2.65 bits per heavy atom. The first-order valence-corrected chi connectivity index (χ1v) is 7.70. The highest BCUT2D eigenvalue weighted by Crippen LogP contribution is 2.14. The predicted octanol–water partition coefficient (Wildman–Crippen LogP) is 4.46. The summed E-state index contributed by atoms with van der Waals surface area (Å²) in [5.74, 6) is 0.352. The third-order valence-corrected chi connectivity index (χ3v) is 3.26. The van der Waals surface area contributed by atoms with E-state index in [-0.39, 0.29) is 11.8 Å². The van der Waals surface area contributed by atoms with Gasteiger partial charge >= 0.3 is 6.03 Å². The van der Waals surface area contributed by atoms with Crippen molar-refractivity contribution in [3.63, 3.8) is 0 Å². The molecule has 0 fully saturated rings. The Morgan fingerprint density at radius 2 is 1.91 bits per heavy atom. The van der Waals surface area contributed by atoms with E-state index in [1.165, 1.54) is 12.1 Å². The van der Waals surface area contributed by atoms with E-state index in [2.05, 4.69) is 10.6 Å². The molecule has 0 heterocycles. The van der Waals surface area contributed by atoms with Gasteiger partial charge in [-0.25, -0.2) is 9.18 Å². The average Bonchev–Trinajstić information content (AvgIpc) is 2.52. The maximum Gasteiger partial charge on any atom is 0.319 e. The first-order valence-electron chi connectivity index (χ1n) is 7.32. The summed E-state index contributed by atoms with van der Waals surface area (Å²) in [6.45, 7) is 1.06. The van der Waals surface area contributed by atoms with Crippen LogP contribution in [-0.2, 0) is 0 Å². The Balaban J connectivity index is 1.56. The highest BCUT2D eigenvalue weighted by atomic mass is 35.5. The quantitative estimate of drug-likeness (QED) is 0.733. The van der Waals surface area contributed by atoms with E-state index in [9.17, 15) is 9.18 Å². The van der Waals surface area contributed by atoms with Gasteiger partial charge in [0.2, 0.25) is 0 Å². The molecule has 0 aliphatic rings. The molecule has 2 aromatic rings. The zero-order chi connectivity index (χ0) is 16.5. The van der Waals surface area contributed by atoms with E-state index < -0.39 is 0 Å². The van der Waals surface area contributed by atoms with E-state index in [0.717, 1.165) is 12.8 Å². The molecular weight excluding hydrogens is 319 g/mol. The van der Waals surface area contributed by atoms with Crippen LogP contribution < -0.4 is 15.4 Å². The Kier molecular flexibility index (Phi) is 6.69. The average molecular weight is 337 g/mol. The molecule has 0 atom stereocenters. The molecule has 4 nitrogen and oxygen atoms in total. The summed E-state index contributed by atoms with van der Waals surface area (Å²) in [5, 5.41) is 6.03. The standard InChI is InChI=1S/C17H18ClFN2O2/c18-13-4-3-5-15(12-13)21-17(22)20-10-1-2-11-23-16-8-6-14(19)7-9-16/h3-9,12H,1-2,10-11H2,(H2,20,21,22). The fourth-order valence-corrected chi connectivity index (χ4v) is 2.08. The normalized spacial score (nSPS) is 10.2. The molecule has 0 aromatic heterocycles. The second-order valence-electron chi connectivity index (χ2n) is 4.90. The number of urea groups is 1. The molecule has 0 saturated heterocycles. The fraction of sp³-hybridized carbons (Fsp3) is 0.235. The maximum absolute atomic E-state index is 12.7. The molecule has 0 aliphatic heterocycles. The molecule has 0 spiro atoms. The molecule has 2 aromatic carbocycles. The molecule has 2 N–H and O–H groups in total. The zero-order valence-electron chi connectivity index (χ0n) is 12.5. The number of rotatable bonds is 7. The fourth-order valence-electron chi connectivity index (χ4n) is 1.89. The second kappa shape index (κ2) is 9.00. The number of anilines is 1. The minimum atomic E-state index is -0.285. The maximum atomic E-state index is 12.7. The largest absolute Gasteiger partial charge is 0.494 e. The highest BCUT2D eigenvalue weighted by molar-refractivity contribution is 6.30. The van der Waals surface area contributed by atoms with E-state index in [1.54, 1.807) is 36.4 Å². The van der Waals surface area contributed by atoms with Crippen molar-refractivity contribution in [2.45, 2.75) is 12.8 Å². The van der Waals surface area contributed by atoms with Gasteiger partial charge in [-0.05, 0) is 55.3 Å². The van der Waals surface area contributed by atoms with Crippen LogP contribution in [0.25, 0.3) is 0 Å². The SMILES string of the molecule is O=C(NCCCCOc1ccc(F)cc1)Nc1cccc(Cl)c1. The summed E-state index contributed by atoms with van der Waals surface area (Å²) in [4.78, 5) is 11.7. The first kappa shape index (κ1) is 17.1. The van der Waals surface area contributed by atoms with Crippen molar-refractivity contribution in [1.82, 2.24) is 5.32 Å². The number of carbonyl (C=O) groups is 1. The summed E-state index contributed by atoms with van der Waals surface area (Å²) < 4.78 is 18.2. The van der Waals surface area contributed by atoms with Crippen LogP contribution in [0.15, 0.2) is 48.5 Å². The molecule has 23 heavy (non-hydrogen) atoms. The Labute approximate surface area is 139 Å². The van der Waals surface area contributed by atoms with Crippen LogP contribution in [-0.4, -0.2) is 19.2 Å². The van der Waals surface area contributed by atoms with Crippen molar-refractivity contribution >= 4 is 23.3 Å². The van der Waals surface area contributed by atoms with E-state index in [0.29, 0.717) is 29.6 Å². The van der Waals surface area contributed by atoms with Crippen LogP contribution in [0.5, 0.6) is 5.75 Å². The summed E-state index contributed by atoms with van der Waals surface area (Å²) in [6, 6.07) is 12.6. The van der Waals surface area contributed by atoms with Gasteiger partial charge in [-0.15, -0.1) is 0 Å². The number of benzene rings is 2. The van der Waals surface area contributed by atoms with Crippen molar-refractivity contribution in [1.29, 1.82) is 0 Å². The number of hydrogen-bond donors (Lipinski definition) is 2. The van der Waals surface area contributed by atoms with Crippen LogP contribution in [0.3, 0.4) is 0 Å². The Morgan fingerprint density at radius 1 is 1.13 bits per heavy atom. The summed E-state index contributed by atoms with van der Waals surface area (Å²) in [5.41, 5.74) is 0.648. The number of halogens is 2. The molecule has 0 aliphatic carbocycles. The second-order valence-corrected chi connectivity index (χ2v) is 5.34. The summed E-state index contributed by atoms with van der Waals surface area (Å²) >= 11 is 5.84. The molecule has 122 valence electrons. The molecule has 2 amide bonds. The molecule has 0 bridgehead atoms. The lowest BCUT2D eigenvalue weighted by molar-refractivity contribution is 0.251. The number of carbonyl (C=O) groups excluding carboxylic acids is 1. The minimum Gasteiger partial charge on any atom is -0.494 e. The van der Waals surface area contributed by atoms with Crippen LogP contribution in [0, 0.1) is 5.82 Å². The molecule has 2 rings (SSSR count). The Bertz CT molecular complexity index is 635. The predicted molar refractivity (Wildman–Crippen MR) is 89.6 cm³/mol. The number of hydrogen-bond acceptors (Lipinski definition) is 2. The van der Waals surface area contributed by atoms with Gasteiger partial charge in [-0.2, -0.15) is 0 Å². The number of nitrogens with one attached hydrogen (secondary N) is 2. The lowest BCUT2D eigenvalue weighted by atomic mass is 10.3. The zero-order valence-corrected chi connectivity index (χ0v) is 13.3. The number of amides is 2.